The normalized spacial score (nSPS) is 14.3. The molecule has 0 aromatic carbocycles. The van der Waals surface area contributed by atoms with E-state index in [1.54, 1.807) is 0 Å². The second-order valence-electron chi connectivity index (χ2n) is 2.53. The Kier molecular flexibility index (Phi) is 6.50. The first-order valence-corrected chi connectivity index (χ1v) is 3.90. The van der Waals surface area contributed by atoms with Gasteiger partial charge in [0.15, 0.2) is 0 Å². The molecule has 0 fully saturated rings. The Hall–Kier alpha value is -0.370. The van der Waals surface area contributed by atoms with Crippen LogP contribution in [0.25, 0.3) is 0 Å². The number of nitrogens with zero attached hydrogens (tertiary/aromatic N) is 1. The third-order valence-electron chi connectivity index (χ3n) is 1.44. The molecular weight excluding hydrogens is 126 g/mol. The van der Waals surface area contributed by atoms with E-state index in [2.05, 4.69) is 11.9 Å². The summed E-state index contributed by atoms with van der Waals surface area (Å²) < 4.78 is 0. The van der Waals surface area contributed by atoms with Crippen LogP contribution in [0.2, 0.25) is 0 Å². The van der Waals surface area contributed by atoms with Crippen molar-refractivity contribution in [2.45, 2.75) is 26.7 Å². The molecule has 10 heavy (non-hydrogen) atoms. The smallest absolute Gasteiger partial charge is 0.0433 e. The van der Waals surface area contributed by atoms with Crippen LogP contribution >= 0.6 is 0 Å². The van der Waals surface area contributed by atoms with Gasteiger partial charge in [0, 0.05) is 13.2 Å². The van der Waals surface area contributed by atoms with E-state index in [9.17, 15) is 0 Å². The Labute approximate surface area is 63.0 Å². The molecule has 0 saturated heterocycles. The van der Waals surface area contributed by atoms with E-state index in [-0.39, 0.29) is 0 Å². The summed E-state index contributed by atoms with van der Waals surface area (Å²) in [7, 11) is 0. The van der Waals surface area contributed by atoms with Gasteiger partial charge in [0.2, 0.25) is 0 Å². The van der Waals surface area contributed by atoms with Gasteiger partial charge >= 0.3 is 0 Å². The fraction of sp³-hybridized carbons (Fsp3) is 0.875. The van der Waals surface area contributed by atoms with Crippen LogP contribution in [0.5, 0.6) is 0 Å². The van der Waals surface area contributed by atoms with Crippen LogP contribution in [0.3, 0.4) is 0 Å². The highest BCUT2D eigenvalue weighted by Crippen LogP contribution is 2.03. The van der Waals surface area contributed by atoms with Gasteiger partial charge in [-0.2, -0.15) is 0 Å². The lowest BCUT2D eigenvalue weighted by Gasteiger charge is -2.03. The summed E-state index contributed by atoms with van der Waals surface area (Å²) >= 11 is 0. The summed E-state index contributed by atoms with van der Waals surface area (Å²) in [6.07, 6.45) is 3.82. The lowest BCUT2D eigenvalue weighted by Crippen LogP contribution is -1.98. The monoisotopic (exact) mass is 143 g/mol. The van der Waals surface area contributed by atoms with E-state index in [4.69, 9.17) is 5.11 Å². The quantitative estimate of drug-likeness (QED) is 0.581. The molecule has 0 radical (unpaired) electrons. The zero-order chi connectivity index (χ0) is 7.82. The lowest BCUT2D eigenvalue weighted by molar-refractivity contribution is 0.265. The summed E-state index contributed by atoms with van der Waals surface area (Å²) in [5.74, 6) is 0.570. The van der Waals surface area contributed by atoms with Crippen molar-refractivity contribution < 1.29 is 5.11 Å². The molecule has 0 aliphatic rings. The van der Waals surface area contributed by atoms with Crippen molar-refractivity contribution >= 4 is 6.21 Å². The van der Waals surface area contributed by atoms with E-state index >= 15 is 0 Å². The summed E-state index contributed by atoms with van der Waals surface area (Å²) in [5.41, 5.74) is 0. The summed E-state index contributed by atoms with van der Waals surface area (Å²) in [6, 6.07) is 0. The van der Waals surface area contributed by atoms with Gasteiger partial charge in [-0.25, -0.2) is 0 Å². The molecule has 1 atom stereocenters. The molecule has 0 saturated carbocycles. The highest BCUT2D eigenvalue weighted by Gasteiger charge is 1.96. The molecule has 2 nitrogen and oxygen atoms in total. The molecule has 0 aromatic heterocycles. The molecular formula is C8H17NO. The highest BCUT2D eigenvalue weighted by atomic mass is 16.2. The van der Waals surface area contributed by atoms with Crippen LogP contribution in [0.4, 0.5) is 0 Å². The maximum atomic E-state index is 8.55. The summed E-state index contributed by atoms with van der Waals surface area (Å²) in [6.45, 7) is 5.30. The van der Waals surface area contributed by atoms with Crippen molar-refractivity contribution in [2.75, 3.05) is 13.2 Å². The largest absolute Gasteiger partial charge is 0.396 e. The number of rotatable bonds is 5. The van der Waals surface area contributed by atoms with Crippen molar-refractivity contribution in [3.8, 4) is 0 Å². The van der Waals surface area contributed by atoms with E-state index in [1.165, 1.54) is 0 Å². The minimum Gasteiger partial charge on any atom is -0.396 e. The van der Waals surface area contributed by atoms with E-state index in [0.717, 1.165) is 19.4 Å². The van der Waals surface area contributed by atoms with Crippen LogP contribution < -0.4 is 0 Å². The van der Waals surface area contributed by atoms with Crippen LogP contribution in [0, 0.1) is 5.92 Å². The Balaban J connectivity index is 3.20. The second kappa shape index (κ2) is 6.75. The number of hydrogen-bond acceptors (Lipinski definition) is 2. The van der Waals surface area contributed by atoms with E-state index < -0.39 is 0 Å². The average molecular weight is 143 g/mol. The zero-order valence-corrected chi connectivity index (χ0v) is 6.88. The Bertz CT molecular complexity index is 91.3. The van der Waals surface area contributed by atoms with Crippen LogP contribution in [0.15, 0.2) is 4.99 Å². The molecule has 0 aliphatic carbocycles. The van der Waals surface area contributed by atoms with Crippen molar-refractivity contribution in [3.63, 3.8) is 0 Å². The second-order valence-corrected chi connectivity index (χ2v) is 2.53. The average Bonchev–Trinajstić information content (AvgIpc) is 1.89. The molecule has 2 heteroatoms. The highest BCUT2D eigenvalue weighted by molar-refractivity contribution is 5.57. The van der Waals surface area contributed by atoms with Gasteiger partial charge < -0.3 is 5.11 Å². The Morgan fingerprint density at radius 2 is 2.30 bits per heavy atom. The van der Waals surface area contributed by atoms with E-state index in [0.29, 0.717) is 12.5 Å². The third kappa shape index (κ3) is 5.76. The van der Waals surface area contributed by atoms with Gasteiger partial charge in [-0.1, -0.05) is 6.92 Å². The number of aliphatic imine (C=N–C) groups is 1. The van der Waals surface area contributed by atoms with Crippen LogP contribution in [-0.4, -0.2) is 24.5 Å². The van der Waals surface area contributed by atoms with Crippen LogP contribution in [-0.2, 0) is 0 Å². The molecule has 0 heterocycles. The molecule has 0 spiro atoms. The zero-order valence-electron chi connectivity index (χ0n) is 6.88. The van der Waals surface area contributed by atoms with Gasteiger partial charge in [-0.3, -0.25) is 4.99 Å². The van der Waals surface area contributed by atoms with E-state index in [1.807, 2.05) is 13.1 Å². The Morgan fingerprint density at radius 3 is 2.80 bits per heavy atom. The van der Waals surface area contributed by atoms with Crippen LogP contribution in [0.1, 0.15) is 26.7 Å². The fourth-order valence-electron chi connectivity index (χ4n) is 0.722. The predicted molar refractivity (Wildman–Crippen MR) is 44.5 cm³/mol. The molecule has 1 unspecified atom stereocenters. The molecule has 0 rings (SSSR count). The standard InChI is InChI=1S/C8H17NO/c1-3-9-6-4-8(2)5-7-10/h6,8,10H,3-5,7H2,1-2H3/b9-6-. The molecule has 0 aromatic rings. The van der Waals surface area contributed by atoms with Crippen molar-refractivity contribution in [1.29, 1.82) is 0 Å². The summed E-state index contributed by atoms with van der Waals surface area (Å²) in [5, 5.41) is 8.55. The van der Waals surface area contributed by atoms with Crippen molar-refractivity contribution in [3.05, 3.63) is 0 Å². The lowest BCUT2D eigenvalue weighted by atomic mass is 10.1. The van der Waals surface area contributed by atoms with Gasteiger partial charge in [0.25, 0.3) is 0 Å². The first-order chi connectivity index (χ1) is 4.81. The molecule has 60 valence electrons. The van der Waals surface area contributed by atoms with Crippen molar-refractivity contribution in [1.82, 2.24) is 0 Å². The SMILES string of the molecule is CC/N=C\CC(C)CCO. The molecule has 1 N–H and O–H groups in total. The molecule has 0 aliphatic heterocycles. The summed E-state index contributed by atoms with van der Waals surface area (Å²) in [4.78, 5) is 4.09. The first kappa shape index (κ1) is 9.63. The minimum atomic E-state index is 0.293. The molecule has 0 amide bonds. The van der Waals surface area contributed by atoms with Crippen molar-refractivity contribution in [2.24, 2.45) is 10.9 Å². The van der Waals surface area contributed by atoms with Gasteiger partial charge in [-0.15, -0.1) is 0 Å². The topological polar surface area (TPSA) is 32.6 Å². The minimum absolute atomic E-state index is 0.293. The maximum Gasteiger partial charge on any atom is 0.0433 e. The van der Waals surface area contributed by atoms with Gasteiger partial charge in [-0.05, 0) is 31.9 Å². The number of aliphatic hydroxyl groups excluding tert-OH is 1. The Morgan fingerprint density at radius 1 is 1.60 bits per heavy atom. The fourth-order valence-corrected chi connectivity index (χ4v) is 0.722. The number of hydrogen-bond donors (Lipinski definition) is 1. The third-order valence-corrected chi connectivity index (χ3v) is 1.44. The van der Waals surface area contributed by atoms with Gasteiger partial charge in [0.05, 0.1) is 0 Å². The van der Waals surface area contributed by atoms with Gasteiger partial charge in [0.1, 0.15) is 0 Å². The maximum absolute atomic E-state index is 8.55. The number of aliphatic hydroxyl groups is 1. The molecule has 0 bridgehead atoms. The first-order valence-electron chi connectivity index (χ1n) is 3.90. The predicted octanol–water partition coefficient (Wildman–Crippen LogP) is 1.49.